The first-order valence-corrected chi connectivity index (χ1v) is 9.91. The molecule has 3 atom stereocenters. The molecule has 0 radical (unpaired) electrons. The highest BCUT2D eigenvalue weighted by Crippen LogP contribution is 2.21. The number of unbranched alkanes of at least 4 members (excludes halogenated alkanes) is 7. The predicted molar refractivity (Wildman–Crippen MR) is 98.0 cm³/mol. The second kappa shape index (κ2) is 12.5. The monoisotopic (exact) mass is 339 g/mol. The van der Waals surface area contributed by atoms with E-state index in [1.54, 1.807) is 6.92 Å². The van der Waals surface area contributed by atoms with Crippen molar-refractivity contribution < 1.29 is 14.3 Å². The quantitative estimate of drug-likeness (QED) is 0.419. The largest absolute Gasteiger partial charge is 0.461 e. The van der Waals surface area contributed by atoms with Crippen LogP contribution in [0, 0.1) is 0 Å². The Labute approximate surface area is 148 Å². The van der Waals surface area contributed by atoms with Crippen LogP contribution in [0.2, 0.25) is 0 Å². The topological polar surface area (TPSA) is 55.4 Å². The average molecular weight is 340 g/mol. The average Bonchev–Trinajstić information content (AvgIpc) is 2.51. The van der Waals surface area contributed by atoms with Gasteiger partial charge in [0.2, 0.25) is 0 Å². The standard InChI is InChI=1S/C20H37NO3/c1-16(22)12-10-8-6-4-5-7-9-11-13-19-14-15-20(17(2)21-19)24-18(3)23/h17,19-21H,4-15H2,1-3H3/t17-,19-,20+/m0/s1. The molecule has 0 unspecified atom stereocenters. The number of ether oxygens (including phenoxy) is 1. The lowest BCUT2D eigenvalue weighted by atomic mass is 9.93. The Balaban J connectivity index is 1.93. The Morgan fingerprint density at radius 3 is 2.04 bits per heavy atom. The van der Waals surface area contributed by atoms with Crippen molar-refractivity contribution in [3.8, 4) is 0 Å². The van der Waals surface area contributed by atoms with Gasteiger partial charge in [-0.25, -0.2) is 0 Å². The van der Waals surface area contributed by atoms with Gasteiger partial charge in [0.05, 0.1) is 0 Å². The third-order valence-electron chi connectivity index (χ3n) is 5.00. The Kier molecular flexibility index (Phi) is 11.0. The van der Waals surface area contributed by atoms with E-state index in [4.69, 9.17) is 4.74 Å². The molecule has 1 aliphatic heterocycles. The van der Waals surface area contributed by atoms with Gasteiger partial charge in [-0.15, -0.1) is 0 Å². The van der Waals surface area contributed by atoms with Gasteiger partial charge in [0.1, 0.15) is 11.9 Å². The number of esters is 1. The van der Waals surface area contributed by atoms with Crippen LogP contribution in [0.4, 0.5) is 0 Å². The lowest BCUT2D eigenvalue weighted by Gasteiger charge is -2.35. The first-order chi connectivity index (χ1) is 11.5. The third-order valence-corrected chi connectivity index (χ3v) is 5.00. The molecule has 0 aromatic heterocycles. The van der Waals surface area contributed by atoms with Crippen LogP contribution in [0.1, 0.15) is 97.8 Å². The minimum absolute atomic E-state index is 0.0433. The maximum Gasteiger partial charge on any atom is 0.302 e. The first-order valence-electron chi connectivity index (χ1n) is 9.91. The molecule has 1 aliphatic rings. The molecule has 4 nitrogen and oxygen atoms in total. The van der Waals surface area contributed by atoms with Crippen molar-refractivity contribution in [1.82, 2.24) is 5.32 Å². The van der Waals surface area contributed by atoms with Gasteiger partial charge in [-0.3, -0.25) is 4.79 Å². The van der Waals surface area contributed by atoms with Crippen LogP contribution in [0.5, 0.6) is 0 Å². The molecule has 1 heterocycles. The molecule has 1 rings (SSSR count). The van der Waals surface area contributed by atoms with E-state index in [0.29, 0.717) is 11.8 Å². The van der Waals surface area contributed by atoms with Gasteiger partial charge in [-0.05, 0) is 39.5 Å². The summed E-state index contributed by atoms with van der Waals surface area (Å²) in [5.74, 6) is 0.146. The maximum absolute atomic E-state index is 11.1. The van der Waals surface area contributed by atoms with E-state index in [1.807, 2.05) is 0 Å². The van der Waals surface area contributed by atoms with E-state index in [1.165, 1.54) is 58.3 Å². The highest BCUT2D eigenvalue weighted by molar-refractivity contribution is 5.75. The summed E-state index contributed by atoms with van der Waals surface area (Å²) in [6.07, 6.45) is 14.2. The second-order valence-corrected chi connectivity index (χ2v) is 7.45. The smallest absolute Gasteiger partial charge is 0.302 e. The first kappa shape index (κ1) is 21.1. The van der Waals surface area contributed by atoms with Crippen LogP contribution in [0.3, 0.4) is 0 Å². The fourth-order valence-electron chi connectivity index (χ4n) is 3.61. The van der Waals surface area contributed by atoms with Crippen LogP contribution in [-0.4, -0.2) is 29.9 Å². The van der Waals surface area contributed by atoms with Crippen molar-refractivity contribution in [3.05, 3.63) is 0 Å². The van der Waals surface area contributed by atoms with Crippen LogP contribution in [-0.2, 0) is 14.3 Å². The summed E-state index contributed by atoms with van der Waals surface area (Å²) in [6, 6.07) is 0.848. The van der Waals surface area contributed by atoms with Crippen molar-refractivity contribution in [3.63, 3.8) is 0 Å². The molecule has 4 heteroatoms. The molecule has 140 valence electrons. The van der Waals surface area contributed by atoms with Crippen LogP contribution in [0.15, 0.2) is 0 Å². The second-order valence-electron chi connectivity index (χ2n) is 7.45. The van der Waals surface area contributed by atoms with Crippen molar-refractivity contribution in [2.45, 2.75) is 116 Å². The highest BCUT2D eigenvalue weighted by atomic mass is 16.5. The summed E-state index contributed by atoms with van der Waals surface area (Å²) < 4.78 is 5.34. The van der Waals surface area contributed by atoms with E-state index in [9.17, 15) is 9.59 Å². The van der Waals surface area contributed by atoms with Crippen LogP contribution >= 0.6 is 0 Å². The third kappa shape index (κ3) is 10.1. The Bertz CT molecular complexity index is 370. The Hall–Kier alpha value is -0.900. The molecular formula is C20H37NO3. The van der Waals surface area contributed by atoms with Gasteiger partial charge in [0, 0.05) is 25.4 Å². The van der Waals surface area contributed by atoms with Gasteiger partial charge in [0.25, 0.3) is 0 Å². The molecular weight excluding hydrogens is 302 g/mol. The minimum atomic E-state index is -0.173. The Morgan fingerprint density at radius 1 is 0.917 bits per heavy atom. The molecule has 0 saturated carbocycles. The number of piperidine rings is 1. The molecule has 0 aromatic rings. The van der Waals surface area contributed by atoms with Crippen molar-refractivity contribution in [2.75, 3.05) is 0 Å². The zero-order valence-corrected chi connectivity index (χ0v) is 15.9. The van der Waals surface area contributed by atoms with Gasteiger partial charge >= 0.3 is 5.97 Å². The molecule has 0 bridgehead atoms. The zero-order valence-electron chi connectivity index (χ0n) is 15.9. The summed E-state index contributed by atoms with van der Waals surface area (Å²) >= 11 is 0. The molecule has 0 aromatic carbocycles. The highest BCUT2D eigenvalue weighted by Gasteiger charge is 2.28. The normalized spacial score (nSPS) is 23.9. The van der Waals surface area contributed by atoms with Crippen LogP contribution < -0.4 is 5.32 Å². The number of carbonyl (C=O) groups excluding carboxylic acids is 2. The number of Topliss-reactive ketones (excluding diaryl/α,β-unsaturated/α-hetero) is 1. The van der Waals surface area contributed by atoms with Gasteiger partial charge < -0.3 is 14.8 Å². The fourth-order valence-corrected chi connectivity index (χ4v) is 3.61. The maximum atomic E-state index is 11.1. The van der Waals surface area contributed by atoms with Crippen molar-refractivity contribution >= 4 is 11.8 Å². The summed E-state index contributed by atoms with van der Waals surface area (Å²) in [5.41, 5.74) is 0. The SMILES string of the molecule is CC(=O)CCCCCCCCCC[C@H]1CC[C@@H](OC(C)=O)[C@H](C)N1. The van der Waals surface area contributed by atoms with Crippen molar-refractivity contribution in [1.29, 1.82) is 0 Å². The predicted octanol–water partition coefficient (Wildman–Crippen LogP) is 4.55. The van der Waals surface area contributed by atoms with E-state index < -0.39 is 0 Å². The van der Waals surface area contributed by atoms with E-state index in [2.05, 4.69) is 12.2 Å². The number of hydrogen-bond donors (Lipinski definition) is 1. The molecule has 1 fully saturated rings. The lowest BCUT2D eigenvalue weighted by Crippen LogP contribution is -2.50. The van der Waals surface area contributed by atoms with Gasteiger partial charge in [-0.2, -0.15) is 0 Å². The van der Waals surface area contributed by atoms with E-state index in [0.717, 1.165) is 25.7 Å². The summed E-state index contributed by atoms with van der Waals surface area (Å²) in [4.78, 5) is 21.9. The molecule has 0 spiro atoms. The summed E-state index contributed by atoms with van der Waals surface area (Å²) in [7, 11) is 0. The van der Waals surface area contributed by atoms with Gasteiger partial charge in [-0.1, -0.05) is 44.9 Å². The molecule has 1 N–H and O–H groups in total. The zero-order chi connectivity index (χ0) is 17.8. The van der Waals surface area contributed by atoms with E-state index >= 15 is 0 Å². The fraction of sp³-hybridized carbons (Fsp3) is 0.900. The lowest BCUT2D eigenvalue weighted by molar-refractivity contribution is -0.149. The summed E-state index contributed by atoms with van der Waals surface area (Å²) in [5, 5.41) is 3.60. The number of nitrogens with one attached hydrogen (secondary N) is 1. The van der Waals surface area contributed by atoms with Gasteiger partial charge in [0.15, 0.2) is 0 Å². The molecule has 24 heavy (non-hydrogen) atoms. The molecule has 0 aliphatic carbocycles. The van der Waals surface area contributed by atoms with Crippen LogP contribution in [0.25, 0.3) is 0 Å². The minimum Gasteiger partial charge on any atom is -0.461 e. The Morgan fingerprint density at radius 2 is 1.50 bits per heavy atom. The number of rotatable bonds is 12. The number of carbonyl (C=O) groups is 2. The number of hydrogen-bond acceptors (Lipinski definition) is 4. The molecule has 0 amide bonds. The summed E-state index contributed by atoms with van der Waals surface area (Å²) in [6.45, 7) is 5.28. The molecule has 1 saturated heterocycles. The van der Waals surface area contributed by atoms with E-state index in [-0.39, 0.29) is 18.1 Å². The van der Waals surface area contributed by atoms with Crippen molar-refractivity contribution in [2.24, 2.45) is 0 Å². The number of ketones is 1.